The van der Waals surface area contributed by atoms with E-state index in [0.717, 1.165) is 5.56 Å². The van der Waals surface area contributed by atoms with Gasteiger partial charge in [0.1, 0.15) is 5.82 Å². The topological polar surface area (TPSA) is 79.2 Å². The zero-order valence-electron chi connectivity index (χ0n) is 13.4. The third kappa shape index (κ3) is 3.95. The number of pyridine rings is 1. The van der Waals surface area contributed by atoms with Crippen LogP contribution in [-0.4, -0.2) is 33.1 Å². The molecule has 0 aliphatic carbocycles. The highest BCUT2D eigenvalue weighted by atomic mass is 19.1. The van der Waals surface area contributed by atoms with Gasteiger partial charge in [-0.25, -0.2) is 19.2 Å². The van der Waals surface area contributed by atoms with E-state index in [4.69, 9.17) is 5.11 Å². The van der Waals surface area contributed by atoms with Crippen molar-refractivity contribution in [1.82, 2.24) is 15.0 Å². The second-order valence-corrected chi connectivity index (χ2v) is 5.46. The maximum Gasteiger partial charge on any atom is 0.335 e. The van der Waals surface area contributed by atoms with Gasteiger partial charge in [-0.15, -0.1) is 0 Å². The third-order valence-electron chi connectivity index (χ3n) is 3.59. The predicted molar refractivity (Wildman–Crippen MR) is 90.7 cm³/mol. The Bertz CT molecular complexity index is 900. The zero-order chi connectivity index (χ0) is 17.8. The molecule has 6 nitrogen and oxygen atoms in total. The molecular weight excluding hydrogens is 323 g/mol. The van der Waals surface area contributed by atoms with Crippen molar-refractivity contribution in [2.75, 3.05) is 11.9 Å². The molecule has 25 heavy (non-hydrogen) atoms. The average Bonchev–Trinajstić information content (AvgIpc) is 2.64. The molecule has 2 heterocycles. The molecule has 0 amide bonds. The van der Waals surface area contributed by atoms with Gasteiger partial charge in [0, 0.05) is 26.0 Å². The Balaban J connectivity index is 1.84. The van der Waals surface area contributed by atoms with Gasteiger partial charge in [-0.2, -0.15) is 0 Å². The second kappa shape index (κ2) is 7.04. The Kier molecular flexibility index (Phi) is 4.65. The number of nitrogens with zero attached hydrogens (tertiary/aromatic N) is 4. The number of benzene rings is 1. The predicted octanol–water partition coefficient (Wildman–Crippen LogP) is 3.01. The highest BCUT2D eigenvalue weighted by molar-refractivity contribution is 5.88. The van der Waals surface area contributed by atoms with E-state index >= 15 is 0 Å². The SMILES string of the molecule is CN(Cc1ccc(F)cc1)c1nccc(-c2cc(C(=O)O)ccn2)n1. The van der Waals surface area contributed by atoms with Gasteiger partial charge in [0.15, 0.2) is 0 Å². The van der Waals surface area contributed by atoms with Crippen LogP contribution >= 0.6 is 0 Å². The van der Waals surface area contributed by atoms with Crippen molar-refractivity contribution in [3.8, 4) is 11.4 Å². The Morgan fingerprint density at radius 2 is 1.80 bits per heavy atom. The van der Waals surface area contributed by atoms with Gasteiger partial charge >= 0.3 is 5.97 Å². The monoisotopic (exact) mass is 338 g/mol. The molecule has 3 aromatic rings. The number of carboxylic acids is 1. The minimum absolute atomic E-state index is 0.143. The quantitative estimate of drug-likeness (QED) is 0.770. The summed E-state index contributed by atoms with van der Waals surface area (Å²) in [5.74, 6) is -0.843. The number of carboxylic acid groups (broad SMARTS) is 1. The van der Waals surface area contributed by atoms with Crippen molar-refractivity contribution in [2.24, 2.45) is 0 Å². The maximum absolute atomic E-state index is 13.0. The van der Waals surface area contributed by atoms with Gasteiger partial charge in [-0.3, -0.25) is 4.98 Å². The molecule has 126 valence electrons. The summed E-state index contributed by atoms with van der Waals surface area (Å²) in [5.41, 5.74) is 2.05. The Hall–Kier alpha value is -3.35. The van der Waals surface area contributed by atoms with Crippen molar-refractivity contribution in [3.05, 3.63) is 71.8 Å². The summed E-state index contributed by atoms with van der Waals surface area (Å²) in [6, 6.07) is 10.8. The van der Waals surface area contributed by atoms with Gasteiger partial charge in [-0.05, 0) is 35.9 Å². The second-order valence-electron chi connectivity index (χ2n) is 5.46. The lowest BCUT2D eigenvalue weighted by atomic mass is 10.2. The van der Waals surface area contributed by atoms with Crippen LogP contribution in [0.25, 0.3) is 11.4 Å². The Labute approximate surface area is 143 Å². The summed E-state index contributed by atoms with van der Waals surface area (Å²) in [7, 11) is 1.82. The van der Waals surface area contributed by atoms with Crippen LogP contribution in [0.3, 0.4) is 0 Å². The molecule has 0 bridgehead atoms. The number of hydrogen-bond donors (Lipinski definition) is 1. The van der Waals surface area contributed by atoms with Crippen LogP contribution in [0.15, 0.2) is 54.9 Å². The van der Waals surface area contributed by atoms with Crippen molar-refractivity contribution in [2.45, 2.75) is 6.54 Å². The number of aromatic nitrogens is 3. The third-order valence-corrected chi connectivity index (χ3v) is 3.59. The van der Waals surface area contributed by atoms with Crippen LogP contribution in [0.4, 0.5) is 10.3 Å². The highest BCUT2D eigenvalue weighted by Gasteiger charge is 2.10. The summed E-state index contributed by atoms with van der Waals surface area (Å²) in [6.45, 7) is 0.506. The zero-order valence-corrected chi connectivity index (χ0v) is 13.4. The number of hydrogen-bond acceptors (Lipinski definition) is 5. The summed E-state index contributed by atoms with van der Waals surface area (Å²) in [5, 5.41) is 9.09. The Morgan fingerprint density at radius 3 is 2.52 bits per heavy atom. The van der Waals surface area contributed by atoms with E-state index in [1.807, 2.05) is 11.9 Å². The molecule has 2 aromatic heterocycles. The largest absolute Gasteiger partial charge is 0.478 e. The molecule has 0 spiro atoms. The number of rotatable bonds is 5. The minimum atomic E-state index is -1.02. The van der Waals surface area contributed by atoms with Crippen molar-refractivity contribution in [1.29, 1.82) is 0 Å². The van der Waals surface area contributed by atoms with Crippen LogP contribution in [0.1, 0.15) is 15.9 Å². The molecule has 1 N–H and O–H groups in total. The molecule has 0 saturated carbocycles. The van der Waals surface area contributed by atoms with E-state index < -0.39 is 5.97 Å². The van der Waals surface area contributed by atoms with Gasteiger partial charge in [0.05, 0.1) is 17.0 Å². The molecule has 0 aliphatic heterocycles. The molecule has 0 atom stereocenters. The number of halogens is 1. The summed E-state index contributed by atoms with van der Waals surface area (Å²) in [6.07, 6.45) is 3.02. The van der Waals surface area contributed by atoms with E-state index in [2.05, 4.69) is 15.0 Å². The number of anilines is 1. The first-order chi connectivity index (χ1) is 12.0. The van der Waals surface area contributed by atoms with Crippen molar-refractivity contribution >= 4 is 11.9 Å². The normalized spacial score (nSPS) is 10.5. The van der Waals surface area contributed by atoms with E-state index in [9.17, 15) is 9.18 Å². The summed E-state index contributed by atoms with van der Waals surface area (Å²) in [4.78, 5) is 25.8. The summed E-state index contributed by atoms with van der Waals surface area (Å²) < 4.78 is 13.0. The van der Waals surface area contributed by atoms with E-state index in [1.165, 1.54) is 30.5 Å². The summed E-state index contributed by atoms with van der Waals surface area (Å²) >= 11 is 0. The van der Waals surface area contributed by atoms with Crippen LogP contribution in [0, 0.1) is 5.82 Å². The van der Waals surface area contributed by atoms with Gasteiger partial charge < -0.3 is 10.0 Å². The highest BCUT2D eigenvalue weighted by Crippen LogP contribution is 2.18. The number of aromatic carboxylic acids is 1. The molecule has 1 aromatic carbocycles. The smallest absolute Gasteiger partial charge is 0.335 e. The van der Waals surface area contributed by atoms with Crippen LogP contribution in [0.2, 0.25) is 0 Å². The van der Waals surface area contributed by atoms with E-state index in [-0.39, 0.29) is 11.4 Å². The minimum Gasteiger partial charge on any atom is -0.478 e. The number of carbonyl (C=O) groups is 1. The van der Waals surface area contributed by atoms with Crippen LogP contribution in [0.5, 0.6) is 0 Å². The molecule has 7 heteroatoms. The molecule has 0 radical (unpaired) electrons. The van der Waals surface area contributed by atoms with Gasteiger partial charge in [0.25, 0.3) is 0 Å². The van der Waals surface area contributed by atoms with E-state index in [1.54, 1.807) is 24.4 Å². The molecule has 0 fully saturated rings. The van der Waals surface area contributed by atoms with Crippen LogP contribution < -0.4 is 4.90 Å². The van der Waals surface area contributed by atoms with Gasteiger partial charge in [-0.1, -0.05) is 12.1 Å². The lowest BCUT2D eigenvalue weighted by Gasteiger charge is -2.17. The molecule has 0 unspecified atom stereocenters. The standard InChI is InChI=1S/C18H15FN4O2/c1-23(11-12-2-4-14(19)5-3-12)18-21-9-7-15(22-18)16-10-13(17(24)25)6-8-20-16/h2-10H,11H2,1H3,(H,24,25). The fraction of sp³-hybridized carbons (Fsp3) is 0.111. The molecule has 0 saturated heterocycles. The molecule has 0 aliphatic rings. The fourth-order valence-corrected chi connectivity index (χ4v) is 2.31. The molecule has 3 rings (SSSR count). The van der Waals surface area contributed by atoms with Crippen LogP contribution in [-0.2, 0) is 6.54 Å². The first-order valence-electron chi connectivity index (χ1n) is 7.51. The lowest BCUT2D eigenvalue weighted by molar-refractivity contribution is 0.0697. The van der Waals surface area contributed by atoms with Gasteiger partial charge in [0.2, 0.25) is 5.95 Å². The first-order valence-corrected chi connectivity index (χ1v) is 7.51. The molecular formula is C18H15FN4O2. The first kappa shape index (κ1) is 16.5. The fourth-order valence-electron chi connectivity index (χ4n) is 2.31. The Morgan fingerprint density at radius 1 is 1.08 bits per heavy atom. The lowest BCUT2D eigenvalue weighted by Crippen LogP contribution is -2.19. The maximum atomic E-state index is 13.0. The van der Waals surface area contributed by atoms with E-state index in [0.29, 0.717) is 23.9 Å². The average molecular weight is 338 g/mol. The van der Waals surface area contributed by atoms with Crippen molar-refractivity contribution in [3.63, 3.8) is 0 Å². The van der Waals surface area contributed by atoms with Crippen molar-refractivity contribution < 1.29 is 14.3 Å².